The summed E-state index contributed by atoms with van der Waals surface area (Å²) in [5.41, 5.74) is 0. The summed E-state index contributed by atoms with van der Waals surface area (Å²) in [6, 6.07) is 3.29. The molecular formula is C10H14N2O4S. The summed E-state index contributed by atoms with van der Waals surface area (Å²) in [5, 5.41) is 13.7. The van der Waals surface area contributed by atoms with Gasteiger partial charge < -0.3 is 9.73 Å². The van der Waals surface area contributed by atoms with Crippen molar-refractivity contribution in [1.29, 1.82) is 0 Å². The summed E-state index contributed by atoms with van der Waals surface area (Å²) in [6.45, 7) is 0.477. The van der Waals surface area contributed by atoms with Crippen molar-refractivity contribution in [2.75, 3.05) is 11.5 Å². The minimum absolute atomic E-state index is 0.230. The van der Waals surface area contributed by atoms with Crippen LogP contribution in [0, 0.1) is 10.1 Å². The van der Waals surface area contributed by atoms with Gasteiger partial charge in [0.05, 0.1) is 12.6 Å². The van der Waals surface area contributed by atoms with E-state index in [0.717, 1.165) is 24.3 Å². The average molecular weight is 258 g/mol. The van der Waals surface area contributed by atoms with Crippen LogP contribution in [-0.2, 0) is 17.3 Å². The Hall–Kier alpha value is -1.21. The Bertz CT molecular complexity index is 422. The monoisotopic (exact) mass is 258 g/mol. The van der Waals surface area contributed by atoms with Crippen LogP contribution >= 0.6 is 0 Å². The van der Waals surface area contributed by atoms with E-state index in [1.54, 1.807) is 6.07 Å². The molecule has 17 heavy (non-hydrogen) atoms. The van der Waals surface area contributed by atoms with E-state index in [1.165, 1.54) is 6.07 Å². The molecule has 0 bridgehead atoms. The molecule has 6 nitrogen and oxygen atoms in total. The van der Waals surface area contributed by atoms with Gasteiger partial charge in [-0.1, -0.05) is 0 Å². The third-order valence-corrected chi connectivity index (χ3v) is 4.16. The molecule has 0 atom stereocenters. The molecule has 1 saturated heterocycles. The van der Waals surface area contributed by atoms with E-state index in [-0.39, 0.29) is 5.88 Å². The highest BCUT2D eigenvalue weighted by Gasteiger charge is 2.18. The number of rotatable bonds is 4. The average Bonchev–Trinajstić information content (AvgIpc) is 2.77. The molecule has 1 fully saturated rings. The van der Waals surface area contributed by atoms with E-state index >= 15 is 0 Å². The van der Waals surface area contributed by atoms with Gasteiger partial charge in [-0.15, -0.1) is 0 Å². The van der Waals surface area contributed by atoms with Gasteiger partial charge in [-0.05, 0) is 18.9 Å². The first kappa shape index (κ1) is 12.3. The van der Waals surface area contributed by atoms with Gasteiger partial charge in [0.25, 0.3) is 0 Å². The number of nitro groups is 1. The van der Waals surface area contributed by atoms with Crippen LogP contribution in [0.2, 0.25) is 0 Å². The second kappa shape index (κ2) is 5.42. The van der Waals surface area contributed by atoms with Gasteiger partial charge in [0.2, 0.25) is 0 Å². The van der Waals surface area contributed by atoms with Crippen molar-refractivity contribution in [3.63, 3.8) is 0 Å². The largest absolute Gasteiger partial charge is 0.433 e. The van der Waals surface area contributed by atoms with Gasteiger partial charge >= 0.3 is 5.88 Å². The molecule has 0 spiro atoms. The summed E-state index contributed by atoms with van der Waals surface area (Å²) in [7, 11) is -0.664. The lowest BCUT2D eigenvalue weighted by Crippen LogP contribution is -2.35. The summed E-state index contributed by atoms with van der Waals surface area (Å²) >= 11 is 0. The van der Waals surface area contributed by atoms with Crippen LogP contribution in [0.25, 0.3) is 0 Å². The van der Waals surface area contributed by atoms with Crippen molar-refractivity contribution in [2.45, 2.75) is 25.4 Å². The fourth-order valence-electron chi connectivity index (χ4n) is 1.80. The van der Waals surface area contributed by atoms with Crippen LogP contribution in [0.5, 0.6) is 0 Å². The SMILES string of the molecule is O=[N+]([O-])c1ccc(CNC2CCS(=O)CC2)o1. The first-order chi connectivity index (χ1) is 8.15. The summed E-state index contributed by atoms with van der Waals surface area (Å²) in [5.74, 6) is 1.79. The van der Waals surface area contributed by atoms with Crippen molar-refractivity contribution in [1.82, 2.24) is 5.32 Å². The van der Waals surface area contributed by atoms with Crippen molar-refractivity contribution < 1.29 is 13.5 Å². The normalized spacial score (nSPS) is 24.7. The Labute approximate surface area is 101 Å². The molecule has 1 aliphatic heterocycles. The van der Waals surface area contributed by atoms with Crippen molar-refractivity contribution in [2.24, 2.45) is 0 Å². The molecule has 2 rings (SSSR count). The summed E-state index contributed by atoms with van der Waals surface area (Å²) < 4.78 is 16.2. The van der Waals surface area contributed by atoms with Gasteiger partial charge in [-0.25, -0.2) is 0 Å². The number of hydrogen-bond acceptors (Lipinski definition) is 5. The maximum atomic E-state index is 11.2. The Kier molecular flexibility index (Phi) is 3.90. The highest BCUT2D eigenvalue weighted by Crippen LogP contribution is 2.16. The van der Waals surface area contributed by atoms with Crippen LogP contribution in [-0.4, -0.2) is 26.7 Å². The molecule has 1 aromatic heterocycles. The minimum atomic E-state index is -0.664. The number of furan rings is 1. The predicted octanol–water partition coefficient (Wildman–Crippen LogP) is 1.19. The Morgan fingerprint density at radius 1 is 1.47 bits per heavy atom. The van der Waals surface area contributed by atoms with Crippen LogP contribution in [0.15, 0.2) is 16.5 Å². The lowest BCUT2D eigenvalue weighted by atomic mass is 10.1. The van der Waals surface area contributed by atoms with E-state index < -0.39 is 15.7 Å². The highest BCUT2D eigenvalue weighted by atomic mass is 32.2. The first-order valence-corrected chi connectivity index (χ1v) is 6.95. The molecule has 0 saturated carbocycles. The van der Waals surface area contributed by atoms with E-state index in [0.29, 0.717) is 18.3 Å². The molecule has 1 N–H and O–H groups in total. The first-order valence-electron chi connectivity index (χ1n) is 5.46. The van der Waals surface area contributed by atoms with E-state index in [2.05, 4.69) is 5.32 Å². The van der Waals surface area contributed by atoms with Crippen LogP contribution in [0.4, 0.5) is 5.88 Å². The smallest absolute Gasteiger partial charge is 0.404 e. The second-order valence-electron chi connectivity index (χ2n) is 4.00. The van der Waals surface area contributed by atoms with Gasteiger partial charge in [-0.2, -0.15) is 0 Å². The quantitative estimate of drug-likeness (QED) is 0.647. The van der Waals surface area contributed by atoms with Crippen molar-refractivity contribution in [3.8, 4) is 0 Å². The lowest BCUT2D eigenvalue weighted by Gasteiger charge is -2.21. The number of hydrogen-bond donors (Lipinski definition) is 1. The summed E-state index contributed by atoms with van der Waals surface area (Å²) in [4.78, 5) is 9.87. The van der Waals surface area contributed by atoms with Crippen LogP contribution in [0.1, 0.15) is 18.6 Å². The third-order valence-electron chi connectivity index (χ3n) is 2.78. The maximum absolute atomic E-state index is 11.2. The third kappa shape index (κ3) is 3.37. The van der Waals surface area contributed by atoms with Crippen LogP contribution in [0.3, 0.4) is 0 Å². The minimum Gasteiger partial charge on any atom is -0.404 e. The maximum Gasteiger partial charge on any atom is 0.433 e. The van der Waals surface area contributed by atoms with Gasteiger partial charge in [0, 0.05) is 28.3 Å². The molecule has 94 valence electrons. The van der Waals surface area contributed by atoms with E-state index in [9.17, 15) is 14.3 Å². The highest BCUT2D eigenvalue weighted by molar-refractivity contribution is 7.85. The molecule has 0 aliphatic carbocycles. The van der Waals surface area contributed by atoms with Gasteiger partial charge in [-0.3, -0.25) is 14.3 Å². The van der Waals surface area contributed by atoms with E-state index in [1.807, 2.05) is 0 Å². The van der Waals surface area contributed by atoms with Crippen molar-refractivity contribution >= 4 is 16.7 Å². The molecule has 0 unspecified atom stereocenters. The fraction of sp³-hybridized carbons (Fsp3) is 0.600. The van der Waals surface area contributed by atoms with Crippen LogP contribution < -0.4 is 5.32 Å². The van der Waals surface area contributed by atoms with E-state index in [4.69, 9.17) is 4.42 Å². The van der Waals surface area contributed by atoms with Crippen molar-refractivity contribution in [3.05, 3.63) is 28.0 Å². The molecular weight excluding hydrogens is 244 g/mol. The Morgan fingerprint density at radius 2 is 2.18 bits per heavy atom. The Balaban J connectivity index is 1.81. The zero-order valence-corrected chi connectivity index (χ0v) is 10.1. The number of nitrogens with zero attached hydrogens (tertiary/aromatic N) is 1. The van der Waals surface area contributed by atoms with Gasteiger partial charge in [0.1, 0.15) is 10.7 Å². The topological polar surface area (TPSA) is 85.4 Å². The standard InChI is InChI=1S/C10H14N2O4S/c13-12(14)10-2-1-9(16-10)7-11-8-3-5-17(15)6-4-8/h1-2,8,11H,3-7H2. The summed E-state index contributed by atoms with van der Waals surface area (Å²) in [6.07, 6.45) is 1.77. The lowest BCUT2D eigenvalue weighted by molar-refractivity contribution is -0.402. The van der Waals surface area contributed by atoms with Gasteiger partial charge in [0.15, 0.2) is 0 Å². The number of nitrogens with one attached hydrogen (secondary N) is 1. The molecule has 1 aromatic rings. The zero-order chi connectivity index (χ0) is 12.3. The fourth-order valence-corrected chi connectivity index (χ4v) is 3.10. The molecule has 2 heterocycles. The second-order valence-corrected chi connectivity index (χ2v) is 5.70. The molecule has 0 aromatic carbocycles. The molecule has 7 heteroatoms. The molecule has 1 aliphatic rings. The molecule has 0 radical (unpaired) electrons. The molecule has 0 amide bonds. The Morgan fingerprint density at radius 3 is 2.76 bits per heavy atom. The predicted molar refractivity (Wildman–Crippen MR) is 63.1 cm³/mol. The zero-order valence-electron chi connectivity index (χ0n) is 9.26.